The van der Waals surface area contributed by atoms with Gasteiger partial charge in [0.05, 0.1) is 0 Å². The summed E-state index contributed by atoms with van der Waals surface area (Å²) >= 11 is 0. The number of phenolic OH excluding ortho intramolecular Hbond substituents is 2. The van der Waals surface area contributed by atoms with E-state index in [0.29, 0.717) is 11.3 Å². The average Bonchev–Trinajstić information content (AvgIpc) is 2.53. The van der Waals surface area contributed by atoms with Gasteiger partial charge in [-0.05, 0) is 42.3 Å². The van der Waals surface area contributed by atoms with Crippen LogP contribution in [-0.4, -0.2) is 16.2 Å². The maximum atomic E-state index is 11.5. The van der Waals surface area contributed by atoms with Gasteiger partial charge in [-0.1, -0.05) is 42.5 Å². The third-order valence-corrected chi connectivity index (χ3v) is 3.03. The van der Waals surface area contributed by atoms with Crippen molar-refractivity contribution in [1.29, 1.82) is 0 Å². The van der Waals surface area contributed by atoms with Crippen molar-refractivity contribution in [1.82, 2.24) is 0 Å². The maximum absolute atomic E-state index is 11.5. The minimum absolute atomic E-state index is 0.00267. The van der Waals surface area contributed by atoms with Gasteiger partial charge in [-0.2, -0.15) is 0 Å². The zero-order chi connectivity index (χ0) is 17.4. The Balaban J connectivity index is 2.01. The molecule has 0 aromatic heterocycles. The molecule has 0 heterocycles. The number of allylic oxidation sites excluding steroid dienone is 3. The van der Waals surface area contributed by atoms with Crippen molar-refractivity contribution < 1.29 is 19.7 Å². The number of esters is 1. The molecule has 0 atom stereocenters. The molecule has 0 bridgehead atoms. The van der Waals surface area contributed by atoms with Gasteiger partial charge < -0.3 is 14.9 Å². The van der Waals surface area contributed by atoms with Crippen LogP contribution in [-0.2, 0) is 4.79 Å². The fourth-order valence-corrected chi connectivity index (χ4v) is 1.95. The van der Waals surface area contributed by atoms with E-state index >= 15 is 0 Å². The van der Waals surface area contributed by atoms with Crippen molar-refractivity contribution in [3.8, 4) is 17.2 Å². The fraction of sp³-hybridized carbons (Fsp3) is 0.0500. The van der Waals surface area contributed by atoms with Gasteiger partial charge in [0.2, 0.25) is 0 Å². The highest BCUT2D eigenvalue weighted by molar-refractivity contribution is 5.84. The number of aromatic hydroxyl groups is 2. The summed E-state index contributed by atoms with van der Waals surface area (Å²) in [5, 5.41) is 18.9. The van der Waals surface area contributed by atoms with Crippen molar-refractivity contribution in [3.05, 3.63) is 77.9 Å². The van der Waals surface area contributed by atoms with Crippen molar-refractivity contribution in [3.63, 3.8) is 0 Å². The molecule has 24 heavy (non-hydrogen) atoms. The molecule has 0 spiro atoms. The van der Waals surface area contributed by atoms with Crippen molar-refractivity contribution in [2.75, 3.05) is 0 Å². The molecular formula is C20H18O4. The van der Waals surface area contributed by atoms with Gasteiger partial charge in [0.1, 0.15) is 17.2 Å². The molecule has 0 saturated heterocycles. The number of hydrogen-bond donors (Lipinski definition) is 2. The minimum atomic E-state index is -0.438. The van der Waals surface area contributed by atoms with Crippen molar-refractivity contribution in [2.45, 2.75) is 6.92 Å². The second-order valence-electron chi connectivity index (χ2n) is 4.99. The molecule has 0 amide bonds. The Morgan fingerprint density at radius 1 is 0.917 bits per heavy atom. The molecular weight excluding hydrogens is 304 g/mol. The van der Waals surface area contributed by atoms with E-state index in [9.17, 15) is 15.0 Å². The smallest absolute Gasteiger partial charge is 0.336 e. The van der Waals surface area contributed by atoms with E-state index in [2.05, 4.69) is 0 Å². The monoisotopic (exact) mass is 322 g/mol. The zero-order valence-electron chi connectivity index (χ0n) is 13.2. The third kappa shape index (κ3) is 5.50. The highest BCUT2D eigenvalue weighted by atomic mass is 16.5. The van der Waals surface area contributed by atoms with E-state index in [4.69, 9.17) is 4.74 Å². The zero-order valence-corrected chi connectivity index (χ0v) is 13.2. The van der Waals surface area contributed by atoms with E-state index in [0.717, 1.165) is 5.56 Å². The van der Waals surface area contributed by atoms with Gasteiger partial charge in [-0.15, -0.1) is 0 Å². The Morgan fingerprint density at radius 2 is 1.54 bits per heavy atom. The topological polar surface area (TPSA) is 66.8 Å². The van der Waals surface area contributed by atoms with E-state index in [1.54, 1.807) is 54.6 Å². The number of benzene rings is 2. The summed E-state index contributed by atoms with van der Waals surface area (Å²) < 4.78 is 5.16. The summed E-state index contributed by atoms with van der Waals surface area (Å²) in [6.07, 6.45) is 10.1. The molecule has 0 aliphatic rings. The number of hydrogen-bond acceptors (Lipinski definition) is 4. The number of phenols is 2. The molecule has 0 unspecified atom stereocenters. The van der Waals surface area contributed by atoms with Crippen LogP contribution in [0.3, 0.4) is 0 Å². The third-order valence-electron chi connectivity index (χ3n) is 3.03. The van der Waals surface area contributed by atoms with Crippen molar-refractivity contribution in [2.24, 2.45) is 0 Å². The quantitative estimate of drug-likeness (QED) is 0.283. The molecule has 0 aliphatic heterocycles. The summed E-state index contributed by atoms with van der Waals surface area (Å²) in [4.78, 5) is 11.5. The molecule has 0 radical (unpaired) electrons. The molecule has 2 aromatic carbocycles. The van der Waals surface area contributed by atoms with Crippen LogP contribution >= 0.6 is 0 Å². The van der Waals surface area contributed by atoms with Crippen LogP contribution in [0.1, 0.15) is 18.1 Å². The molecule has 2 N–H and O–H groups in total. The first-order chi connectivity index (χ1) is 11.6. The largest absolute Gasteiger partial charge is 0.508 e. The number of carbonyl (C=O) groups is 1. The molecule has 2 rings (SSSR count). The van der Waals surface area contributed by atoms with Crippen LogP contribution in [0.4, 0.5) is 0 Å². The first-order valence-electron chi connectivity index (χ1n) is 7.39. The second kappa shape index (κ2) is 8.39. The Morgan fingerprint density at radius 3 is 2.17 bits per heavy atom. The lowest BCUT2D eigenvalue weighted by Gasteiger charge is -2.02. The minimum Gasteiger partial charge on any atom is -0.508 e. The fourth-order valence-electron chi connectivity index (χ4n) is 1.95. The van der Waals surface area contributed by atoms with Crippen LogP contribution in [0.15, 0.2) is 66.8 Å². The summed E-state index contributed by atoms with van der Waals surface area (Å²) in [6, 6.07) is 11.4. The molecule has 2 aromatic rings. The van der Waals surface area contributed by atoms with E-state index < -0.39 is 5.97 Å². The summed E-state index contributed by atoms with van der Waals surface area (Å²) in [5.41, 5.74) is 1.57. The lowest BCUT2D eigenvalue weighted by atomic mass is 10.1. The maximum Gasteiger partial charge on any atom is 0.336 e. The van der Waals surface area contributed by atoms with Crippen LogP contribution < -0.4 is 4.74 Å². The molecule has 4 heteroatoms. The van der Waals surface area contributed by atoms with Gasteiger partial charge in [-0.3, -0.25) is 0 Å². The highest BCUT2D eigenvalue weighted by Crippen LogP contribution is 2.22. The Bertz CT molecular complexity index is 764. The van der Waals surface area contributed by atoms with Gasteiger partial charge in [0.15, 0.2) is 0 Å². The Hall–Kier alpha value is -3.27. The Kier molecular flexibility index (Phi) is 5.97. The molecule has 4 nitrogen and oxygen atoms in total. The van der Waals surface area contributed by atoms with Gasteiger partial charge in [0.25, 0.3) is 0 Å². The summed E-state index contributed by atoms with van der Waals surface area (Å²) in [6.45, 7) is 1.86. The second-order valence-corrected chi connectivity index (χ2v) is 4.99. The standard InChI is InChI=1S/C20H18O4/c1-2-3-4-5-20(23)24-19-10-8-15(9-11-19)6-7-16-12-17(21)14-18(22)13-16/h2-14,21-22H,1H3. The first kappa shape index (κ1) is 17.1. The van der Waals surface area contributed by atoms with Crippen LogP contribution in [0, 0.1) is 0 Å². The van der Waals surface area contributed by atoms with Crippen LogP contribution in [0.5, 0.6) is 17.2 Å². The molecule has 0 aliphatic carbocycles. The van der Waals surface area contributed by atoms with Crippen molar-refractivity contribution >= 4 is 18.1 Å². The van der Waals surface area contributed by atoms with Gasteiger partial charge in [0, 0.05) is 12.1 Å². The summed E-state index contributed by atoms with van der Waals surface area (Å²) in [7, 11) is 0. The number of carbonyl (C=O) groups excluding carboxylic acids is 1. The van der Waals surface area contributed by atoms with E-state index in [1.807, 2.05) is 19.1 Å². The molecule has 0 saturated carbocycles. The number of ether oxygens (including phenoxy) is 1. The normalized spacial score (nSPS) is 11.5. The van der Waals surface area contributed by atoms with Gasteiger partial charge >= 0.3 is 5.97 Å². The molecule has 0 fully saturated rings. The SMILES string of the molecule is CC=CC=CC(=O)Oc1ccc(C=Cc2cc(O)cc(O)c2)cc1. The van der Waals surface area contributed by atoms with Gasteiger partial charge in [-0.25, -0.2) is 4.79 Å². The Labute approximate surface area is 140 Å². The summed E-state index contributed by atoms with van der Waals surface area (Å²) in [5.74, 6) is 0.0228. The predicted molar refractivity (Wildman–Crippen MR) is 94.7 cm³/mol. The lowest BCUT2D eigenvalue weighted by Crippen LogP contribution is -2.03. The van der Waals surface area contributed by atoms with E-state index in [1.165, 1.54) is 12.1 Å². The van der Waals surface area contributed by atoms with Crippen LogP contribution in [0.25, 0.3) is 12.2 Å². The van der Waals surface area contributed by atoms with E-state index in [-0.39, 0.29) is 11.5 Å². The lowest BCUT2D eigenvalue weighted by molar-refractivity contribution is -0.128. The van der Waals surface area contributed by atoms with Crippen LogP contribution in [0.2, 0.25) is 0 Å². The highest BCUT2D eigenvalue weighted by Gasteiger charge is 2.00. The molecule has 122 valence electrons. The number of rotatable bonds is 5. The predicted octanol–water partition coefficient (Wildman–Crippen LogP) is 4.31. The first-order valence-corrected chi connectivity index (χ1v) is 7.39. The average molecular weight is 322 g/mol.